The third-order valence-corrected chi connectivity index (χ3v) is 14.7. The smallest absolute Gasteiger partial charge is 0.326 e. The number of aromatic nitrogens is 2. The molecular weight excluding hydrogens is 1150 g/mol. The molecule has 1 aromatic heterocycles. The maximum atomic E-state index is 12.8. The summed E-state index contributed by atoms with van der Waals surface area (Å²) in [6, 6.07) is -2.78. The number of ketones is 4. The number of hydrogen-bond acceptors (Lipinski definition) is 17. The van der Waals surface area contributed by atoms with Crippen LogP contribution >= 0.6 is 0 Å². The van der Waals surface area contributed by atoms with Gasteiger partial charge in [0.15, 0.2) is 0 Å². The van der Waals surface area contributed by atoms with Crippen molar-refractivity contribution in [3.63, 3.8) is 0 Å². The first-order chi connectivity index (χ1) is 42.3. The number of carbonyl (C=O) groups is 12. The fourth-order valence-electron chi connectivity index (χ4n) is 9.42. The number of carboxylic acids is 4. The highest BCUT2D eigenvalue weighted by atomic mass is 16.5. The average molecular weight is 1250 g/mol. The van der Waals surface area contributed by atoms with E-state index in [-0.39, 0.29) is 146 Å². The Morgan fingerprint density at radius 1 is 0.432 bits per heavy atom. The Balaban J connectivity index is 2.11. The number of hydrogen-bond donors (Lipinski definition) is 9. The lowest BCUT2D eigenvalue weighted by molar-refractivity contribution is -0.145. The summed E-state index contributed by atoms with van der Waals surface area (Å²) < 4.78 is 21.5. The fraction of sp³-hybridized carbons (Fsp3) is 0.758. The van der Waals surface area contributed by atoms with Gasteiger partial charge in [0, 0.05) is 95.3 Å². The molecule has 0 aromatic carbocycles. The highest BCUT2D eigenvalue weighted by Crippen LogP contribution is 2.19. The van der Waals surface area contributed by atoms with Crippen molar-refractivity contribution in [1.82, 2.24) is 31.2 Å². The second-order valence-corrected chi connectivity index (χ2v) is 22.3. The topological polar surface area (TPSA) is 399 Å². The Morgan fingerprint density at radius 2 is 0.909 bits per heavy atom. The molecule has 0 fully saturated rings. The molecule has 26 heteroatoms. The summed E-state index contributed by atoms with van der Waals surface area (Å²) in [5.41, 5.74) is 0.899. The molecule has 26 nitrogen and oxygen atoms in total. The summed E-state index contributed by atoms with van der Waals surface area (Å²) in [6.45, 7) is 2.84. The number of ether oxygens (including phenoxy) is 4. The molecule has 500 valence electrons. The number of carbonyl (C=O) groups excluding carboxylic acids is 8. The molecule has 0 spiro atoms. The van der Waals surface area contributed by atoms with E-state index in [0.717, 1.165) is 69.9 Å². The van der Waals surface area contributed by atoms with Crippen LogP contribution < -0.4 is 21.3 Å². The van der Waals surface area contributed by atoms with Crippen LogP contribution in [0, 0.1) is 11.8 Å². The summed E-state index contributed by atoms with van der Waals surface area (Å²) in [5, 5.41) is 47.9. The molecule has 1 heterocycles. The van der Waals surface area contributed by atoms with Gasteiger partial charge in [-0.2, -0.15) is 0 Å². The van der Waals surface area contributed by atoms with E-state index in [1.807, 2.05) is 0 Å². The van der Waals surface area contributed by atoms with Crippen molar-refractivity contribution >= 4 is 70.6 Å². The summed E-state index contributed by atoms with van der Waals surface area (Å²) in [7, 11) is 0. The molecule has 0 bridgehead atoms. The number of nitrogens with one attached hydrogen (secondary N) is 5. The maximum absolute atomic E-state index is 12.8. The van der Waals surface area contributed by atoms with Crippen LogP contribution in [-0.2, 0) is 82.9 Å². The Morgan fingerprint density at radius 3 is 1.43 bits per heavy atom. The van der Waals surface area contributed by atoms with Gasteiger partial charge in [0.2, 0.25) is 23.6 Å². The molecular formula is C62H102N6O20. The highest BCUT2D eigenvalue weighted by molar-refractivity contribution is 5.88. The predicted octanol–water partition coefficient (Wildman–Crippen LogP) is 6.18. The molecule has 0 aliphatic rings. The van der Waals surface area contributed by atoms with E-state index >= 15 is 0 Å². The monoisotopic (exact) mass is 1250 g/mol. The zero-order chi connectivity index (χ0) is 65.0. The van der Waals surface area contributed by atoms with Gasteiger partial charge in [-0.3, -0.25) is 47.9 Å². The number of unbranched alkanes of at least 4 members (excludes halogenated alkanes) is 14. The molecule has 0 unspecified atom stereocenters. The van der Waals surface area contributed by atoms with Crippen LogP contribution in [-0.4, -0.2) is 179 Å². The van der Waals surface area contributed by atoms with Crippen molar-refractivity contribution in [1.29, 1.82) is 0 Å². The number of nitrogens with zero attached hydrogens (tertiary/aromatic N) is 1. The van der Waals surface area contributed by atoms with E-state index < -0.39 is 72.3 Å². The molecule has 0 aliphatic heterocycles. The van der Waals surface area contributed by atoms with Gasteiger partial charge >= 0.3 is 23.9 Å². The van der Waals surface area contributed by atoms with Crippen LogP contribution in [0.25, 0.3) is 0 Å². The second-order valence-electron chi connectivity index (χ2n) is 22.3. The Labute approximate surface area is 517 Å². The molecule has 1 rings (SSSR count). The summed E-state index contributed by atoms with van der Waals surface area (Å²) in [4.78, 5) is 152. The third kappa shape index (κ3) is 46.6. The fourth-order valence-corrected chi connectivity index (χ4v) is 9.42. The molecule has 4 atom stereocenters. The Kier molecular flexibility index (Phi) is 47.4. The van der Waals surface area contributed by atoms with Gasteiger partial charge in [-0.25, -0.2) is 14.6 Å². The minimum absolute atomic E-state index is 0.0553. The number of amides is 4. The van der Waals surface area contributed by atoms with E-state index in [4.69, 9.17) is 24.1 Å². The minimum atomic E-state index is -1.43. The number of carboxylic acid groups (broad SMARTS) is 4. The van der Waals surface area contributed by atoms with Crippen LogP contribution in [0.15, 0.2) is 12.5 Å². The highest BCUT2D eigenvalue weighted by Gasteiger charge is 2.27. The van der Waals surface area contributed by atoms with E-state index in [2.05, 4.69) is 31.2 Å². The lowest BCUT2D eigenvalue weighted by atomic mass is 9.91. The van der Waals surface area contributed by atoms with Crippen LogP contribution in [0.3, 0.4) is 0 Å². The van der Waals surface area contributed by atoms with Crippen molar-refractivity contribution in [2.75, 3.05) is 65.9 Å². The number of imidazole rings is 1. The predicted molar refractivity (Wildman–Crippen MR) is 322 cm³/mol. The van der Waals surface area contributed by atoms with E-state index in [1.165, 1.54) is 25.7 Å². The van der Waals surface area contributed by atoms with Crippen molar-refractivity contribution in [3.05, 3.63) is 18.2 Å². The van der Waals surface area contributed by atoms with E-state index in [9.17, 15) is 72.9 Å². The quantitative estimate of drug-likeness (QED) is 0.0329. The molecule has 0 radical (unpaired) electrons. The van der Waals surface area contributed by atoms with Gasteiger partial charge in [-0.05, 0) is 71.1 Å². The van der Waals surface area contributed by atoms with Gasteiger partial charge in [-0.1, -0.05) is 83.5 Å². The molecule has 0 aliphatic carbocycles. The first-order valence-corrected chi connectivity index (χ1v) is 31.6. The lowest BCUT2D eigenvalue weighted by Gasteiger charge is -2.17. The molecule has 4 amide bonds. The zero-order valence-corrected chi connectivity index (χ0v) is 51.9. The molecule has 0 saturated carbocycles. The minimum Gasteiger partial charge on any atom is -0.481 e. The van der Waals surface area contributed by atoms with E-state index in [0.29, 0.717) is 57.9 Å². The van der Waals surface area contributed by atoms with Gasteiger partial charge in [0.05, 0.1) is 45.3 Å². The Hall–Kier alpha value is -6.51. The van der Waals surface area contributed by atoms with Crippen molar-refractivity contribution in [2.24, 2.45) is 11.8 Å². The summed E-state index contributed by atoms with van der Waals surface area (Å²) in [5.74, 6) is -8.94. The molecule has 88 heavy (non-hydrogen) atoms. The van der Waals surface area contributed by atoms with Gasteiger partial charge in [0.1, 0.15) is 48.4 Å². The standard InChI is InChI=1S/C62H102N6O20/c1-46(69)47(23-26-51(71)27-25-49-42-63-45-66-49)19-16-17-33-64-57(75)43-88-40-38-86-36-34-65-58(76)44-87-39-37-85-35-18-20-50(70)28-30-53(61(81)82)68-56(74)32-24-48(60(79)80)41-52(72)29-31-54(62(83)84)67-55(73)21-14-12-10-8-6-4-2-3-5-7-9-11-13-15-22-59(77)78/h42,45,47-48,53-54H,2-41,43-44H2,1H3,(H,63,66)(H,64,75)(H,65,76)(H,67,73)(H,68,74)(H,77,78)(H,79,80)(H,81,82)(H,83,84)/t47-,48-,53+,54+/m1/s1. The van der Waals surface area contributed by atoms with E-state index in [1.54, 1.807) is 19.4 Å². The SMILES string of the molecule is CC(=O)[C@H](CCCCNC(=O)COCCOCCNC(=O)COCCOCCCC(=O)CC[C@H](NC(=O)CC[C@H](CC(=O)CC[C@H](NC(=O)CCCCCCCCCCCCCCCCC(=O)O)C(=O)O)C(=O)O)C(=O)O)CCC(=O)CCc1cnc[nH]1. The number of aromatic amines is 1. The first kappa shape index (κ1) is 79.5. The third-order valence-electron chi connectivity index (χ3n) is 14.7. The number of rotatable bonds is 62. The summed E-state index contributed by atoms with van der Waals surface area (Å²) in [6.07, 6.45) is 20.0. The summed E-state index contributed by atoms with van der Waals surface area (Å²) >= 11 is 0. The van der Waals surface area contributed by atoms with Crippen LogP contribution in [0.5, 0.6) is 0 Å². The molecule has 0 saturated heterocycles. The Bertz CT molecular complexity index is 2190. The number of Topliss-reactive ketones (excluding diaryl/α,β-unsaturated/α-hetero) is 4. The van der Waals surface area contributed by atoms with Crippen LogP contribution in [0.2, 0.25) is 0 Å². The lowest BCUT2D eigenvalue weighted by Crippen LogP contribution is -2.41. The largest absolute Gasteiger partial charge is 0.481 e. The maximum Gasteiger partial charge on any atom is 0.326 e. The van der Waals surface area contributed by atoms with Crippen LogP contribution in [0.4, 0.5) is 0 Å². The molecule has 9 N–H and O–H groups in total. The zero-order valence-electron chi connectivity index (χ0n) is 51.9. The first-order valence-electron chi connectivity index (χ1n) is 31.6. The normalized spacial score (nSPS) is 12.5. The van der Waals surface area contributed by atoms with Crippen LogP contribution in [0.1, 0.15) is 212 Å². The van der Waals surface area contributed by atoms with Crippen molar-refractivity contribution in [3.8, 4) is 0 Å². The number of aliphatic carboxylic acids is 4. The average Bonchev–Trinajstić information content (AvgIpc) is 4.06. The van der Waals surface area contributed by atoms with Gasteiger partial charge in [0.25, 0.3) is 0 Å². The van der Waals surface area contributed by atoms with Crippen molar-refractivity contribution in [2.45, 2.75) is 224 Å². The van der Waals surface area contributed by atoms with Gasteiger partial charge in [-0.15, -0.1) is 0 Å². The number of aryl methyl sites for hydroxylation is 1. The number of H-pyrrole nitrogens is 1. The molecule has 1 aromatic rings. The van der Waals surface area contributed by atoms with Gasteiger partial charge < -0.3 is 65.6 Å². The second kappa shape index (κ2) is 52.4. The van der Waals surface area contributed by atoms with Crippen molar-refractivity contribution < 1.29 is 96.9 Å².